The molecule has 0 radical (unpaired) electrons. The SMILES string of the molecule is Cc1cc(C(=O)CCN(CCO)C(C)C)c(C)s1. The van der Waals surface area contributed by atoms with Crippen LogP contribution in [-0.2, 0) is 0 Å². The molecular weight excluding hydrogens is 246 g/mol. The third-order valence-electron chi connectivity index (χ3n) is 3.08. The molecule has 0 fully saturated rings. The van der Waals surface area contributed by atoms with Crippen LogP contribution in [0.1, 0.15) is 40.4 Å². The topological polar surface area (TPSA) is 40.5 Å². The zero-order valence-corrected chi connectivity index (χ0v) is 12.5. The molecule has 0 spiro atoms. The van der Waals surface area contributed by atoms with Gasteiger partial charge in [-0.1, -0.05) is 0 Å². The maximum Gasteiger partial charge on any atom is 0.165 e. The molecule has 1 N–H and O–H groups in total. The van der Waals surface area contributed by atoms with Crippen LogP contribution in [0.15, 0.2) is 6.07 Å². The monoisotopic (exact) mass is 269 g/mol. The number of aliphatic hydroxyl groups is 1. The molecule has 1 heterocycles. The van der Waals surface area contributed by atoms with Crippen molar-refractivity contribution in [2.75, 3.05) is 19.7 Å². The summed E-state index contributed by atoms with van der Waals surface area (Å²) in [6.45, 7) is 9.68. The van der Waals surface area contributed by atoms with E-state index in [-0.39, 0.29) is 12.4 Å². The number of Topliss-reactive ketones (excluding diaryl/α,β-unsaturated/α-hetero) is 1. The summed E-state index contributed by atoms with van der Waals surface area (Å²) < 4.78 is 0. The Balaban J connectivity index is 2.57. The van der Waals surface area contributed by atoms with E-state index in [4.69, 9.17) is 5.11 Å². The van der Waals surface area contributed by atoms with Crippen molar-refractivity contribution in [3.05, 3.63) is 21.4 Å². The van der Waals surface area contributed by atoms with Crippen LogP contribution in [0, 0.1) is 13.8 Å². The van der Waals surface area contributed by atoms with Crippen LogP contribution in [0.5, 0.6) is 0 Å². The molecule has 0 amide bonds. The molecule has 0 unspecified atom stereocenters. The third-order valence-corrected chi connectivity index (χ3v) is 4.05. The Morgan fingerprint density at radius 1 is 1.39 bits per heavy atom. The lowest BCUT2D eigenvalue weighted by atomic mass is 10.1. The van der Waals surface area contributed by atoms with E-state index < -0.39 is 0 Å². The van der Waals surface area contributed by atoms with Crippen LogP contribution in [0.2, 0.25) is 0 Å². The number of hydrogen-bond donors (Lipinski definition) is 1. The van der Waals surface area contributed by atoms with Crippen LogP contribution < -0.4 is 0 Å². The van der Waals surface area contributed by atoms with Crippen molar-refractivity contribution in [1.82, 2.24) is 4.90 Å². The molecule has 4 heteroatoms. The van der Waals surface area contributed by atoms with E-state index >= 15 is 0 Å². The first kappa shape index (κ1) is 15.3. The molecule has 0 bridgehead atoms. The average molecular weight is 269 g/mol. The molecule has 3 nitrogen and oxygen atoms in total. The summed E-state index contributed by atoms with van der Waals surface area (Å²) in [5.74, 6) is 0.209. The highest BCUT2D eigenvalue weighted by Crippen LogP contribution is 2.22. The molecule has 0 atom stereocenters. The molecular formula is C14H23NO2S. The standard InChI is InChI=1S/C14H23NO2S/c1-10(2)15(7-8-16)6-5-14(17)13-9-11(3)18-12(13)4/h9-10,16H,5-8H2,1-4H3. The Bertz CT molecular complexity index is 398. The molecule has 0 aliphatic carbocycles. The summed E-state index contributed by atoms with van der Waals surface area (Å²) in [5, 5.41) is 8.99. The molecule has 1 aromatic heterocycles. The van der Waals surface area contributed by atoms with Gasteiger partial charge < -0.3 is 5.11 Å². The van der Waals surface area contributed by atoms with Crippen molar-refractivity contribution in [3.63, 3.8) is 0 Å². The van der Waals surface area contributed by atoms with E-state index in [1.165, 1.54) is 4.88 Å². The molecule has 0 aliphatic heterocycles. The van der Waals surface area contributed by atoms with E-state index in [0.29, 0.717) is 25.6 Å². The minimum atomic E-state index is 0.142. The van der Waals surface area contributed by atoms with E-state index in [9.17, 15) is 4.79 Å². The van der Waals surface area contributed by atoms with Gasteiger partial charge in [0, 0.05) is 40.9 Å². The fourth-order valence-electron chi connectivity index (χ4n) is 2.04. The fourth-order valence-corrected chi connectivity index (χ4v) is 2.99. The van der Waals surface area contributed by atoms with Crippen LogP contribution in [-0.4, -0.2) is 41.5 Å². The number of aliphatic hydroxyl groups excluding tert-OH is 1. The maximum atomic E-state index is 12.1. The molecule has 0 aliphatic rings. The number of carbonyl (C=O) groups excluding carboxylic acids is 1. The van der Waals surface area contributed by atoms with Crippen molar-refractivity contribution < 1.29 is 9.90 Å². The first-order valence-corrected chi connectivity index (χ1v) is 7.22. The summed E-state index contributed by atoms with van der Waals surface area (Å²) in [6, 6.07) is 2.34. The Labute approximate surface area is 113 Å². The summed E-state index contributed by atoms with van der Waals surface area (Å²) in [7, 11) is 0. The Morgan fingerprint density at radius 3 is 2.50 bits per heavy atom. The van der Waals surface area contributed by atoms with Crippen LogP contribution in [0.4, 0.5) is 0 Å². The minimum absolute atomic E-state index is 0.142. The number of nitrogens with zero attached hydrogens (tertiary/aromatic N) is 1. The highest BCUT2D eigenvalue weighted by molar-refractivity contribution is 7.12. The predicted octanol–water partition coefficient (Wildman–Crippen LogP) is 2.64. The van der Waals surface area contributed by atoms with Crippen molar-refractivity contribution in [3.8, 4) is 0 Å². The second kappa shape index (κ2) is 7.02. The lowest BCUT2D eigenvalue weighted by molar-refractivity contribution is 0.0943. The lowest BCUT2D eigenvalue weighted by Gasteiger charge is -2.25. The van der Waals surface area contributed by atoms with Gasteiger partial charge >= 0.3 is 0 Å². The predicted molar refractivity (Wildman–Crippen MR) is 76.5 cm³/mol. The quantitative estimate of drug-likeness (QED) is 0.774. The van der Waals surface area contributed by atoms with Gasteiger partial charge in [-0.05, 0) is 33.8 Å². The largest absolute Gasteiger partial charge is 0.395 e. The number of rotatable bonds is 7. The van der Waals surface area contributed by atoms with Gasteiger partial charge in [-0.25, -0.2) is 0 Å². The second-order valence-corrected chi connectivity index (χ2v) is 6.31. The number of thiophene rings is 1. The van der Waals surface area contributed by atoms with Crippen LogP contribution >= 0.6 is 11.3 Å². The normalized spacial score (nSPS) is 11.5. The average Bonchev–Trinajstić information content (AvgIpc) is 2.63. The first-order chi connectivity index (χ1) is 8.45. The molecule has 0 saturated carbocycles. The van der Waals surface area contributed by atoms with Gasteiger partial charge in [0.15, 0.2) is 5.78 Å². The van der Waals surface area contributed by atoms with Gasteiger partial charge in [0.1, 0.15) is 0 Å². The Hall–Kier alpha value is -0.710. The lowest BCUT2D eigenvalue weighted by Crippen LogP contribution is -2.35. The zero-order chi connectivity index (χ0) is 13.7. The van der Waals surface area contributed by atoms with Gasteiger partial charge in [-0.2, -0.15) is 0 Å². The smallest absolute Gasteiger partial charge is 0.165 e. The molecule has 18 heavy (non-hydrogen) atoms. The van der Waals surface area contributed by atoms with Gasteiger partial charge in [0.2, 0.25) is 0 Å². The number of hydrogen-bond acceptors (Lipinski definition) is 4. The zero-order valence-electron chi connectivity index (χ0n) is 11.7. The fraction of sp³-hybridized carbons (Fsp3) is 0.643. The summed E-state index contributed by atoms with van der Waals surface area (Å²) in [6.07, 6.45) is 0.523. The molecule has 0 saturated heterocycles. The summed E-state index contributed by atoms with van der Waals surface area (Å²) in [5.41, 5.74) is 0.866. The molecule has 0 aromatic carbocycles. The Morgan fingerprint density at radius 2 is 2.06 bits per heavy atom. The van der Waals surface area contributed by atoms with Crippen molar-refractivity contribution in [2.45, 2.75) is 40.2 Å². The van der Waals surface area contributed by atoms with Crippen molar-refractivity contribution >= 4 is 17.1 Å². The molecule has 1 rings (SSSR count). The maximum absolute atomic E-state index is 12.1. The second-order valence-electron chi connectivity index (χ2n) is 4.85. The minimum Gasteiger partial charge on any atom is -0.395 e. The molecule has 102 valence electrons. The van der Waals surface area contributed by atoms with E-state index in [1.54, 1.807) is 11.3 Å². The summed E-state index contributed by atoms with van der Waals surface area (Å²) in [4.78, 5) is 16.6. The van der Waals surface area contributed by atoms with Crippen molar-refractivity contribution in [1.29, 1.82) is 0 Å². The van der Waals surface area contributed by atoms with E-state index in [0.717, 1.165) is 10.4 Å². The number of ketones is 1. The van der Waals surface area contributed by atoms with E-state index in [2.05, 4.69) is 18.7 Å². The summed E-state index contributed by atoms with van der Waals surface area (Å²) >= 11 is 1.67. The molecule has 1 aromatic rings. The third kappa shape index (κ3) is 4.19. The van der Waals surface area contributed by atoms with Gasteiger partial charge in [-0.3, -0.25) is 9.69 Å². The van der Waals surface area contributed by atoms with E-state index in [1.807, 2.05) is 19.9 Å². The highest BCUT2D eigenvalue weighted by atomic mass is 32.1. The Kier molecular flexibility index (Phi) is 5.99. The van der Waals surface area contributed by atoms with Gasteiger partial charge in [0.05, 0.1) is 6.61 Å². The van der Waals surface area contributed by atoms with Crippen LogP contribution in [0.3, 0.4) is 0 Å². The highest BCUT2D eigenvalue weighted by Gasteiger charge is 2.15. The number of aryl methyl sites for hydroxylation is 2. The van der Waals surface area contributed by atoms with Crippen LogP contribution in [0.25, 0.3) is 0 Å². The van der Waals surface area contributed by atoms with Crippen molar-refractivity contribution in [2.24, 2.45) is 0 Å². The van der Waals surface area contributed by atoms with Gasteiger partial charge in [0.25, 0.3) is 0 Å². The van der Waals surface area contributed by atoms with Gasteiger partial charge in [-0.15, -0.1) is 11.3 Å². The number of carbonyl (C=O) groups is 1. The first-order valence-electron chi connectivity index (χ1n) is 6.40.